The van der Waals surface area contributed by atoms with Gasteiger partial charge in [0.2, 0.25) is 0 Å². The molecular formula is C16H14N2O6. The van der Waals surface area contributed by atoms with Crippen LogP contribution in [0.5, 0.6) is 5.75 Å². The maximum Gasteiger partial charge on any atom is 0.342 e. The van der Waals surface area contributed by atoms with Crippen LogP contribution < -0.4 is 16.0 Å². The fourth-order valence-electron chi connectivity index (χ4n) is 2.91. The predicted octanol–water partition coefficient (Wildman–Crippen LogP) is 1.34. The normalized spacial score (nSPS) is 15.6. The first-order valence-electron chi connectivity index (χ1n) is 7.12. The lowest BCUT2D eigenvalue weighted by molar-refractivity contribution is 0.0695. The molecule has 2 aromatic rings. The van der Waals surface area contributed by atoms with E-state index in [1.165, 1.54) is 6.07 Å². The van der Waals surface area contributed by atoms with Crippen molar-refractivity contribution in [2.45, 2.75) is 19.4 Å². The molecule has 0 spiro atoms. The number of nitrogens with two attached hydrogens (primary N) is 1. The molecular weight excluding hydrogens is 316 g/mol. The summed E-state index contributed by atoms with van der Waals surface area (Å²) in [7, 11) is 0. The summed E-state index contributed by atoms with van der Waals surface area (Å²) < 4.78 is 5.58. The van der Waals surface area contributed by atoms with Crippen LogP contribution in [-0.2, 0) is 6.42 Å². The lowest BCUT2D eigenvalue weighted by Crippen LogP contribution is -2.24. The number of ether oxygens (including phenoxy) is 1. The first kappa shape index (κ1) is 15.6. The summed E-state index contributed by atoms with van der Waals surface area (Å²) in [5, 5.41) is 18.8. The molecule has 1 aliphatic heterocycles. The van der Waals surface area contributed by atoms with Crippen molar-refractivity contribution in [2.75, 3.05) is 5.73 Å². The van der Waals surface area contributed by atoms with Gasteiger partial charge in [0.1, 0.15) is 28.8 Å². The quantitative estimate of drug-likeness (QED) is 0.665. The van der Waals surface area contributed by atoms with Crippen molar-refractivity contribution in [1.82, 2.24) is 4.98 Å². The van der Waals surface area contributed by atoms with E-state index < -0.39 is 34.4 Å². The van der Waals surface area contributed by atoms with Crippen molar-refractivity contribution in [3.63, 3.8) is 0 Å². The van der Waals surface area contributed by atoms with Crippen molar-refractivity contribution in [1.29, 1.82) is 0 Å². The molecule has 1 atom stereocenters. The van der Waals surface area contributed by atoms with Crippen LogP contribution >= 0.6 is 0 Å². The van der Waals surface area contributed by atoms with E-state index in [-0.39, 0.29) is 11.7 Å². The van der Waals surface area contributed by atoms with E-state index in [0.29, 0.717) is 17.7 Å². The van der Waals surface area contributed by atoms with Crippen LogP contribution in [0.15, 0.2) is 23.0 Å². The number of nitrogen functional groups attached to an aromatic ring is 1. The number of hydrogen-bond donors (Lipinski definition) is 4. The molecule has 1 aromatic carbocycles. The number of rotatable bonds is 3. The van der Waals surface area contributed by atoms with Gasteiger partial charge >= 0.3 is 11.9 Å². The number of aromatic carboxylic acids is 2. The molecule has 124 valence electrons. The van der Waals surface area contributed by atoms with Gasteiger partial charge in [0.05, 0.1) is 0 Å². The molecule has 1 aliphatic rings. The number of anilines is 1. The van der Waals surface area contributed by atoms with Gasteiger partial charge in [-0.05, 0) is 30.2 Å². The molecule has 0 bridgehead atoms. The minimum Gasteiger partial charge on any atom is -0.490 e. The average molecular weight is 330 g/mol. The summed E-state index contributed by atoms with van der Waals surface area (Å²) in [5.41, 5.74) is 4.45. The Morgan fingerprint density at radius 2 is 1.92 bits per heavy atom. The first-order valence-corrected chi connectivity index (χ1v) is 7.12. The van der Waals surface area contributed by atoms with Crippen molar-refractivity contribution in [2.24, 2.45) is 0 Å². The second-order valence-electron chi connectivity index (χ2n) is 5.56. The number of pyridine rings is 1. The molecule has 0 saturated heterocycles. The van der Waals surface area contributed by atoms with Crippen molar-refractivity contribution in [3.05, 3.63) is 45.2 Å². The Kier molecular flexibility index (Phi) is 3.52. The summed E-state index contributed by atoms with van der Waals surface area (Å²) in [6, 6.07) is 4.78. The third-order valence-corrected chi connectivity index (χ3v) is 3.86. The van der Waals surface area contributed by atoms with E-state index in [2.05, 4.69) is 4.98 Å². The molecule has 0 radical (unpaired) electrons. The molecule has 8 nitrogen and oxygen atoms in total. The molecule has 2 heterocycles. The molecule has 1 aromatic heterocycles. The number of H-pyrrole nitrogens is 1. The molecule has 8 heteroatoms. The van der Waals surface area contributed by atoms with E-state index in [9.17, 15) is 24.6 Å². The summed E-state index contributed by atoms with van der Waals surface area (Å²) in [5.74, 6) is -2.69. The highest BCUT2D eigenvalue weighted by Crippen LogP contribution is 2.35. The molecule has 24 heavy (non-hydrogen) atoms. The summed E-state index contributed by atoms with van der Waals surface area (Å²) in [6.45, 7) is 1.89. The smallest absolute Gasteiger partial charge is 0.342 e. The van der Waals surface area contributed by atoms with Crippen molar-refractivity contribution < 1.29 is 24.5 Å². The number of carboxylic acid groups (broad SMARTS) is 2. The Morgan fingerprint density at radius 1 is 1.25 bits per heavy atom. The van der Waals surface area contributed by atoms with Crippen LogP contribution in [-0.4, -0.2) is 33.2 Å². The summed E-state index contributed by atoms with van der Waals surface area (Å²) in [6.07, 6.45) is 0.574. The Bertz CT molecular complexity index is 931. The highest BCUT2D eigenvalue weighted by molar-refractivity contribution is 6.07. The van der Waals surface area contributed by atoms with Gasteiger partial charge in [-0.3, -0.25) is 4.79 Å². The Morgan fingerprint density at radius 3 is 2.54 bits per heavy atom. The zero-order valence-electron chi connectivity index (χ0n) is 12.6. The van der Waals surface area contributed by atoms with E-state index in [0.717, 1.165) is 5.56 Å². The van der Waals surface area contributed by atoms with Gasteiger partial charge in [-0.25, -0.2) is 9.59 Å². The van der Waals surface area contributed by atoms with Crippen LogP contribution in [0.4, 0.5) is 5.82 Å². The van der Waals surface area contributed by atoms with Crippen LogP contribution in [0.25, 0.3) is 11.1 Å². The van der Waals surface area contributed by atoms with Crippen molar-refractivity contribution >= 4 is 17.8 Å². The first-order chi connectivity index (χ1) is 11.3. The van der Waals surface area contributed by atoms with E-state index in [4.69, 9.17) is 10.5 Å². The highest BCUT2D eigenvalue weighted by atomic mass is 16.5. The molecule has 0 saturated carbocycles. The SMILES string of the molecule is CC1Cc2cc(-c3c(C(=O)O)c(N)[nH]c(=O)c3C(=O)O)ccc2O1. The molecule has 0 aliphatic carbocycles. The summed E-state index contributed by atoms with van der Waals surface area (Å²) >= 11 is 0. The van der Waals surface area contributed by atoms with Crippen molar-refractivity contribution in [3.8, 4) is 16.9 Å². The fourth-order valence-corrected chi connectivity index (χ4v) is 2.91. The van der Waals surface area contributed by atoms with Gasteiger partial charge < -0.3 is 25.7 Å². The van der Waals surface area contributed by atoms with Crippen LogP contribution in [0.3, 0.4) is 0 Å². The Balaban J connectivity index is 2.35. The van der Waals surface area contributed by atoms with Crippen LogP contribution in [0, 0.1) is 0 Å². The van der Waals surface area contributed by atoms with Crippen LogP contribution in [0.2, 0.25) is 0 Å². The molecule has 5 N–H and O–H groups in total. The van der Waals surface area contributed by atoms with Gasteiger partial charge in [-0.2, -0.15) is 0 Å². The lowest BCUT2D eigenvalue weighted by Gasteiger charge is -2.12. The average Bonchev–Trinajstić information content (AvgIpc) is 2.84. The number of hydrogen-bond acceptors (Lipinski definition) is 5. The van der Waals surface area contributed by atoms with Gasteiger partial charge in [0.15, 0.2) is 0 Å². The molecule has 0 amide bonds. The third-order valence-electron chi connectivity index (χ3n) is 3.86. The maximum absolute atomic E-state index is 12.0. The largest absolute Gasteiger partial charge is 0.490 e. The predicted molar refractivity (Wildman–Crippen MR) is 84.6 cm³/mol. The molecule has 1 unspecified atom stereocenters. The van der Waals surface area contributed by atoms with Gasteiger partial charge in [-0.1, -0.05) is 6.07 Å². The highest BCUT2D eigenvalue weighted by Gasteiger charge is 2.28. The number of nitrogens with one attached hydrogen (secondary N) is 1. The molecule has 0 fully saturated rings. The van der Waals surface area contributed by atoms with E-state index >= 15 is 0 Å². The van der Waals surface area contributed by atoms with E-state index in [1.54, 1.807) is 12.1 Å². The number of aromatic amines is 1. The number of fused-ring (bicyclic) bond motifs is 1. The number of benzene rings is 1. The van der Waals surface area contributed by atoms with Gasteiger partial charge in [0.25, 0.3) is 5.56 Å². The fraction of sp³-hybridized carbons (Fsp3) is 0.188. The monoisotopic (exact) mass is 330 g/mol. The van der Waals surface area contributed by atoms with E-state index in [1.807, 2.05) is 6.92 Å². The number of carbonyl (C=O) groups is 2. The number of carboxylic acids is 2. The zero-order chi connectivity index (χ0) is 17.6. The van der Waals surface area contributed by atoms with Gasteiger partial charge in [0, 0.05) is 12.0 Å². The standard InChI is InChI=1S/C16H14N2O6/c1-6-4-8-5-7(2-3-9(8)24-6)10-11(15(20)21)13(17)18-14(19)12(10)16(22)23/h2-3,5-6H,4H2,1H3,(H,20,21)(H,22,23)(H3,17,18,19). The minimum atomic E-state index is -1.53. The Labute approximate surface area is 135 Å². The second kappa shape index (κ2) is 5.41. The maximum atomic E-state index is 12.0. The number of aromatic nitrogens is 1. The topological polar surface area (TPSA) is 143 Å². The zero-order valence-corrected chi connectivity index (χ0v) is 12.6. The van der Waals surface area contributed by atoms with Gasteiger partial charge in [-0.15, -0.1) is 0 Å². The molecule has 3 rings (SSSR count). The summed E-state index contributed by atoms with van der Waals surface area (Å²) in [4.78, 5) is 37.2. The van der Waals surface area contributed by atoms with Crippen LogP contribution in [0.1, 0.15) is 33.2 Å². The second-order valence-corrected chi connectivity index (χ2v) is 5.56. The lowest BCUT2D eigenvalue weighted by atomic mass is 9.93. The minimum absolute atomic E-state index is 0.0302. The Hall–Kier alpha value is -3.29. The third kappa shape index (κ3) is 2.37.